The number of aromatic nitrogens is 4. The third kappa shape index (κ3) is 4.43. The van der Waals surface area contributed by atoms with Crippen LogP contribution in [0.15, 0.2) is 76.9 Å². The maximum atomic E-state index is 13.2. The molecule has 31 heavy (non-hydrogen) atoms. The van der Waals surface area contributed by atoms with Gasteiger partial charge in [0.25, 0.3) is 5.56 Å². The number of rotatable bonds is 7. The Kier molecular flexibility index (Phi) is 5.86. The molecule has 1 aliphatic rings. The predicted octanol–water partition coefficient (Wildman–Crippen LogP) is 4.11. The van der Waals surface area contributed by atoms with Crippen LogP contribution in [0.3, 0.4) is 0 Å². The predicted molar refractivity (Wildman–Crippen MR) is 122 cm³/mol. The van der Waals surface area contributed by atoms with Crippen LogP contribution in [0.4, 0.5) is 0 Å². The molecule has 1 unspecified atom stereocenters. The Labute approximate surface area is 184 Å². The molecule has 1 fully saturated rings. The van der Waals surface area contributed by atoms with Gasteiger partial charge in [-0.3, -0.25) is 9.36 Å². The zero-order valence-corrected chi connectivity index (χ0v) is 18.0. The van der Waals surface area contributed by atoms with Crippen LogP contribution in [-0.4, -0.2) is 31.8 Å². The number of imidazole rings is 1. The van der Waals surface area contributed by atoms with Crippen LogP contribution in [0, 0.1) is 0 Å². The highest BCUT2D eigenvalue weighted by molar-refractivity contribution is 7.98. The number of nitrogens with zero attached hydrogens (tertiary/aromatic N) is 4. The fraction of sp³-hybridized carbons (Fsp3) is 0.292. The summed E-state index contributed by atoms with van der Waals surface area (Å²) in [4.78, 5) is 22.6. The third-order valence-corrected chi connectivity index (χ3v) is 6.54. The van der Waals surface area contributed by atoms with Gasteiger partial charge >= 0.3 is 0 Å². The van der Waals surface area contributed by atoms with Crippen molar-refractivity contribution in [2.75, 3.05) is 6.61 Å². The summed E-state index contributed by atoms with van der Waals surface area (Å²) >= 11 is 1.55. The minimum Gasteiger partial charge on any atom is -0.376 e. The fourth-order valence-corrected chi connectivity index (χ4v) is 4.92. The SMILES string of the molecule is O=c1c2ccccc2nc(SCc2nccn2Cc2ccccc2)n1CC1CCCO1. The number of fused-ring (bicyclic) bond motifs is 1. The van der Waals surface area contributed by atoms with E-state index in [1.807, 2.05) is 54.9 Å². The number of hydrogen-bond donors (Lipinski definition) is 0. The van der Waals surface area contributed by atoms with Gasteiger partial charge < -0.3 is 9.30 Å². The molecular formula is C24H24N4O2S. The van der Waals surface area contributed by atoms with E-state index in [1.54, 1.807) is 16.3 Å². The molecule has 0 saturated carbocycles. The van der Waals surface area contributed by atoms with Crippen LogP contribution in [0.1, 0.15) is 24.2 Å². The van der Waals surface area contributed by atoms with Crippen molar-refractivity contribution < 1.29 is 4.74 Å². The highest BCUT2D eigenvalue weighted by Crippen LogP contribution is 2.24. The van der Waals surface area contributed by atoms with Crippen LogP contribution < -0.4 is 5.56 Å². The molecule has 2 aromatic carbocycles. The third-order valence-electron chi connectivity index (χ3n) is 5.56. The van der Waals surface area contributed by atoms with E-state index in [4.69, 9.17) is 9.72 Å². The van der Waals surface area contributed by atoms with E-state index in [0.29, 0.717) is 22.8 Å². The Morgan fingerprint density at radius 3 is 2.77 bits per heavy atom. The molecule has 3 heterocycles. The molecule has 0 amide bonds. The molecule has 0 aliphatic carbocycles. The van der Waals surface area contributed by atoms with Crippen molar-refractivity contribution in [1.29, 1.82) is 0 Å². The van der Waals surface area contributed by atoms with E-state index in [-0.39, 0.29) is 11.7 Å². The molecule has 4 aromatic rings. The Morgan fingerprint density at radius 1 is 1.10 bits per heavy atom. The number of hydrogen-bond acceptors (Lipinski definition) is 5. The van der Waals surface area contributed by atoms with Crippen molar-refractivity contribution >= 4 is 22.7 Å². The van der Waals surface area contributed by atoms with Crippen molar-refractivity contribution in [3.8, 4) is 0 Å². The summed E-state index contributed by atoms with van der Waals surface area (Å²) < 4.78 is 9.73. The van der Waals surface area contributed by atoms with Crippen LogP contribution in [0.5, 0.6) is 0 Å². The summed E-state index contributed by atoms with van der Waals surface area (Å²) in [6, 6.07) is 17.9. The van der Waals surface area contributed by atoms with Gasteiger partial charge in [0.1, 0.15) is 5.82 Å². The van der Waals surface area contributed by atoms with E-state index in [2.05, 4.69) is 21.7 Å². The molecule has 1 atom stereocenters. The van der Waals surface area contributed by atoms with Gasteiger partial charge in [-0.15, -0.1) is 0 Å². The zero-order chi connectivity index (χ0) is 21.0. The summed E-state index contributed by atoms with van der Waals surface area (Å²) in [5, 5.41) is 1.36. The first-order chi connectivity index (χ1) is 15.3. The monoisotopic (exact) mass is 432 g/mol. The lowest BCUT2D eigenvalue weighted by atomic mass is 10.2. The first-order valence-corrected chi connectivity index (χ1v) is 11.5. The van der Waals surface area contributed by atoms with Gasteiger partial charge in [0, 0.05) is 25.5 Å². The minimum absolute atomic E-state index is 0.00349. The number of ether oxygens (including phenoxy) is 1. The maximum absolute atomic E-state index is 13.2. The van der Waals surface area contributed by atoms with Crippen molar-refractivity contribution in [2.45, 2.75) is 42.9 Å². The normalized spacial score (nSPS) is 16.2. The largest absolute Gasteiger partial charge is 0.376 e. The standard InChI is InChI=1S/C24H24N4O2S/c29-23-20-10-4-5-11-21(20)26-24(28(23)16-19-9-6-14-30-19)31-17-22-25-12-13-27(22)15-18-7-2-1-3-8-18/h1-5,7-8,10-13,19H,6,9,14-17H2. The average molecular weight is 433 g/mol. The van der Waals surface area contributed by atoms with E-state index in [1.165, 1.54) is 5.56 Å². The number of benzene rings is 2. The van der Waals surface area contributed by atoms with Crippen molar-refractivity contribution in [1.82, 2.24) is 19.1 Å². The van der Waals surface area contributed by atoms with Gasteiger partial charge in [0.2, 0.25) is 0 Å². The summed E-state index contributed by atoms with van der Waals surface area (Å²) in [5.74, 6) is 1.59. The Morgan fingerprint density at radius 2 is 1.94 bits per heavy atom. The Balaban J connectivity index is 1.42. The van der Waals surface area contributed by atoms with Crippen LogP contribution in [0.25, 0.3) is 10.9 Å². The number of para-hydroxylation sites is 1. The molecule has 0 bridgehead atoms. The lowest BCUT2D eigenvalue weighted by Crippen LogP contribution is -2.28. The Bertz CT molecular complexity index is 1230. The second kappa shape index (κ2) is 9.08. The first-order valence-electron chi connectivity index (χ1n) is 10.6. The molecule has 7 heteroatoms. The maximum Gasteiger partial charge on any atom is 0.262 e. The van der Waals surface area contributed by atoms with Gasteiger partial charge in [-0.25, -0.2) is 9.97 Å². The van der Waals surface area contributed by atoms with E-state index >= 15 is 0 Å². The highest BCUT2D eigenvalue weighted by Gasteiger charge is 2.20. The first kappa shape index (κ1) is 20.0. The van der Waals surface area contributed by atoms with Gasteiger partial charge in [-0.05, 0) is 30.5 Å². The van der Waals surface area contributed by atoms with Crippen LogP contribution >= 0.6 is 11.8 Å². The van der Waals surface area contributed by atoms with Gasteiger partial charge in [-0.2, -0.15) is 0 Å². The molecule has 158 valence electrons. The minimum atomic E-state index is -0.00349. The molecule has 0 N–H and O–H groups in total. The zero-order valence-electron chi connectivity index (χ0n) is 17.2. The molecular weight excluding hydrogens is 408 g/mol. The Hall–Kier alpha value is -2.90. The molecule has 5 rings (SSSR count). The lowest BCUT2D eigenvalue weighted by Gasteiger charge is -2.16. The molecule has 0 spiro atoms. The smallest absolute Gasteiger partial charge is 0.262 e. The topological polar surface area (TPSA) is 61.9 Å². The van der Waals surface area contributed by atoms with Crippen LogP contribution in [-0.2, 0) is 23.6 Å². The van der Waals surface area contributed by atoms with Gasteiger partial charge in [-0.1, -0.05) is 54.2 Å². The highest BCUT2D eigenvalue weighted by atomic mass is 32.2. The molecule has 1 aliphatic heterocycles. The van der Waals surface area contributed by atoms with E-state index in [0.717, 1.165) is 37.3 Å². The van der Waals surface area contributed by atoms with E-state index in [9.17, 15) is 4.79 Å². The molecule has 1 saturated heterocycles. The fourth-order valence-electron chi connectivity index (χ4n) is 3.94. The summed E-state index contributed by atoms with van der Waals surface area (Å²) in [6.07, 6.45) is 5.91. The quantitative estimate of drug-likeness (QED) is 0.325. The number of thioether (sulfide) groups is 1. The molecule has 6 nitrogen and oxygen atoms in total. The summed E-state index contributed by atoms with van der Waals surface area (Å²) in [7, 11) is 0. The summed E-state index contributed by atoms with van der Waals surface area (Å²) in [5.41, 5.74) is 1.95. The van der Waals surface area contributed by atoms with Crippen molar-refractivity contribution in [2.24, 2.45) is 0 Å². The lowest BCUT2D eigenvalue weighted by molar-refractivity contribution is 0.0937. The van der Waals surface area contributed by atoms with Gasteiger partial charge in [0.15, 0.2) is 5.16 Å². The van der Waals surface area contributed by atoms with Gasteiger partial charge in [0.05, 0.1) is 29.3 Å². The van der Waals surface area contributed by atoms with Crippen molar-refractivity contribution in [3.63, 3.8) is 0 Å². The average Bonchev–Trinajstić information content (AvgIpc) is 3.47. The van der Waals surface area contributed by atoms with E-state index < -0.39 is 0 Å². The molecule has 2 aromatic heterocycles. The summed E-state index contributed by atoms with van der Waals surface area (Å²) in [6.45, 7) is 2.07. The molecule has 0 radical (unpaired) electrons. The van der Waals surface area contributed by atoms with Crippen LogP contribution in [0.2, 0.25) is 0 Å². The van der Waals surface area contributed by atoms with Crippen molar-refractivity contribution in [3.05, 3.63) is 88.7 Å². The second-order valence-corrected chi connectivity index (χ2v) is 8.65. The second-order valence-electron chi connectivity index (χ2n) is 7.71.